The van der Waals surface area contributed by atoms with Crippen LogP contribution in [0.3, 0.4) is 0 Å². The third-order valence-corrected chi connectivity index (χ3v) is 8.11. The van der Waals surface area contributed by atoms with Gasteiger partial charge in [0.15, 0.2) is 5.75 Å². The molecule has 3 aliphatic rings. The minimum atomic E-state index is 0.138. The highest BCUT2D eigenvalue weighted by atomic mass is 16.5. The third-order valence-electron chi connectivity index (χ3n) is 8.11. The average Bonchev–Trinajstić information content (AvgIpc) is 3.40. The molecule has 3 aliphatic heterocycles. The number of likely N-dealkylation sites (tertiary alicyclic amines) is 1. The summed E-state index contributed by atoms with van der Waals surface area (Å²) in [4.78, 5) is 13.9. The normalized spacial score (nSPS) is 23.0. The Balaban J connectivity index is 1.01. The van der Waals surface area contributed by atoms with Gasteiger partial charge in [0, 0.05) is 43.7 Å². The van der Waals surface area contributed by atoms with E-state index in [1.54, 1.807) is 4.52 Å². The van der Waals surface area contributed by atoms with Gasteiger partial charge in [0.2, 0.25) is 0 Å². The lowest BCUT2D eigenvalue weighted by Crippen LogP contribution is -2.66. The molecule has 3 atom stereocenters. The summed E-state index contributed by atoms with van der Waals surface area (Å²) in [7, 11) is 0. The monoisotopic (exact) mass is 490 g/mol. The van der Waals surface area contributed by atoms with Gasteiger partial charge in [-0.2, -0.15) is 10.1 Å². The molecule has 8 nitrogen and oxygen atoms in total. The molecule has 192 valence electrons. The summed E-state index contributed by atoms with van der Waals surface area (Å²) < 4.78 is 13.5. The minimum Gasteiger partial charge on any atom is -0.485 e. The van der Waals surface area contributed by atoms with Crippen LogP contribution < -0.4 is 9.64 Å². The molecule has 3 fully saturated rings. The number of aryl methyl sites for hydroxylation is 2. The first-order chi connectivity index (χ1) is 17.4. The first-order valence-corrected chi connectivity index (χ1v) is 13.4. The number of nitrogens with zero attached hydrogens (tertiary/aromatic N) is 6. The molecule has 2 unspecified atom stereocenters. The molecule has 0 radical (unpaired) electrons. The lowest BCUT2D eigenvalue weighted by atomic mass is 9.77. The van der Waals surface area contributed by atoms with E-state index in [4.69, 9.17) is 9.47 Å². The molecule has 3 aromatic rings. The first-order valence-electron chi connectivity index (χ1n) is 13.4. The van der Waals surface area contributed by atoms with Crippen LogP contribution in [0.5, 0.6) is 5.75 Å². The highest BCUT2D eigenvalue weighted by molar-refractivity contribution is 5.49. The van der Waals surface area contributed by atoms with Gasteiger partial charge in [0.05, 0.1) is 31.6 Å². The zero-order chi connectivity index (χ0) is 24.9. The predicted octanol–water partition coefficient (Wildman–Crippen LogP) is 3.86. The second-order valence-corrected chi connectivity index (χ2v) is 11.6. The van der Waals surface area contributed by atoms with Gasteiger partial charge in [-0.25, -0.2) is 9.50 Å². The van der Waals surface area contributed by atoms with E-state index in [2.05, 4.69) is 63.0 Å². The fourth-order valence-corrected chi connectivity index (χ4v) is 6.22. The van der Waals surface area contributed by atoms with Crippen LogP contribution in [-0.2, 0) is 4.74 Å². The van der Waals surface area contributed by atoms with E-state index < -0.39 is 0 Å². The van der Waals surface area contributed by atoms with E-state index in [9.17, 15) is 0 Å². The molecule has 8 heteroatoms. The first kappa shape index (κ1) is 23.7. The summed E-state index contributed by atoms with van der Waals surface area (Å²) in [5, 5.41) is 4.37. The highest BCUT2D eigenvalue weighted by Crippen LogP contribution is 2.38. The third kappa shape index (κ3) is 4.68. The Hall–Kier alpha value is -2.71. The molecule has 36 heavy (non-hydrogen) atoms. The fourth-order valence-electron chi connectivity index (χ4n) is 6.22. The van der Waals surface area contributed by atoms with Crippen LogP contribution in [0.2, 0.25) is 0 Å². The summed E-state index contributed by atoms with van der Waals surface area (Å²) in [5.41, 5.74) is 4.08. The molecule has 0 aliphatic carbocycles. The van der Waals surface area contributed by atoms with Crippen LogP contribution in [-0.4, -0.2) is 76.5 Å². The SMILES string of the molecule is Cc1nc2nc(C)c(O[C@@H]3CCN(c4ccc(C(C)CC(C)CN5CC6(COC6)C5)cc4)C3)cn2n1. The number of anilines is 1. The van der Waals surface area contributed by atoms with Crippen LogP contribution in [0.15, 0.2) is 30.5 Å². The zero-order valence-electron chi connectivity index (χ0n) is 22.0. The van der Waals surface area contributed by atoms with Gasteiger partial charge in [-0.1, -0.05) is 26.0 Å². The summed E-state index contributed by atoms with van der Waals surface area (Å²) in [6.45, 7) is 16.1. The van der Waals surface area contributed by atoms with Gasteiger partial charge in [-0.3, -0.25) is 0 Å². The maximum absolute atomic E-state index is 6.35. The van der Waals surface area contributed by atoms with E-state index in [1.807, 2.05) is 20.0 Å². The summed E-state index contributed by atoms with van der Waals surface area (Å²) in [5.74, 6) is 3.38. The topological polar surface area (TPSA) is 68.0 Å². The van der Waals surface area contributed by atoms with Gasteiger partial charge in [0.1, 0.15) is 11.9 Å². The average molecular weight is 491 g/mol. The van der Waals surface area contributed by atoms with Gasteiger partial charge in [-0.15, -0.1) is 0 Å². The Morgan fingerprint density at radius 1 is 1.11 bits per heavy atom. The summed E-state index contributed by atoms with van der Waals surface area (Å²) in [6, 6.07) is 9.21. The molecule has 0 saturated carbocycles. The Labute approximate surface area is 213 Å². The van der Waals surface area contributed by atoms with Crippen molar-refractivity contribution in [2.45, 2.75) is 52.6 Å². The van der Waals surface area contributed by atoms with Crippen molar-refractivity contribution in [3.8, 4) is 5.75 Å². The number of fused-ring (bicyclic) bond motifs is 1. The van der Waals surface area contributed by atoms with Crippen molar-refractivity contribution in [3.63, 3.8) is 0 Å². The van der Waals surface area contributed by atoms with Crippen LogP contribution in [0.1, 0.15) is 49.7 Å². The molecule has 0 N–H and O–H groups in total. The Morgan fingerprint density at radius 2 is 1.89 bits per heavy atom. The van der Waals surface area contributed by atoms with Gasteiger partial charge < -0.3 is 19.3 Å². The van der Waals surface area contributed by atoms with E-state index in [0.29, 0.717) is 28.9 Å². The molecule has 2 aromatic heterocycles. The van der Waals surface area contributed by atoms with Crippen molar-refractivity contribution in [2.24, 2.45) is 11.3 Å². The molecule has 5 heterocycles. The number of ether oxygens (including phenoxy) is 2. The molecule has 0 bridgehead atoms. The van der Waals surface area contributed by atoms with E-state index in [-0.39, 0.29) is 6.10 Å². The largest absolute Gasteiger partial charge is 0.485 e. The predicted molar refractivity (Wildman–Crippen MR) is 140 cm³/mol. The number of aromatic nitrogens is 4. The lowest BCUT2D eigenvalue weighted by Gasteiger charge is -2.55. The Kier molecular flexibility index (Phi) is 6.12. The Bertz CT molecular complexity index is 1210. The number of hydrogen-bond acceptors (Lipinski definition) is 7. The second kappa shape index (κ2) is 9.30. The minimum absolute atomic E-state index is 0.138. The van der Waals surface area contributed by atoms with Crippen molar-refractivity contribution < 1.29 is 9.47 Å². The molecular formula is C28H38N6O2. The van der Waals surface area contributed by atoms with Crippen LogP contribution in [0, 0.1) is 25.2 Å². The molecule has 1 aromatic carbocycles. The number of rotatable bonds is 8. The van der Waals surface area contributed by atoms with Crippen LogP contribution >= 0.6 is 0 Å². The van der Waals surface area contributed by atoms with Crippen molar-refractivity contribution in [1.29, 1.82) is 0 Å². The van der Waals surface area contributed by atoms with E-state index >= 15 is 0 Å². The molecule has 0 amide bonds. The fraction of sp³-hybridized carbons (Fsp3) is 0.607. The lowest BCUT2D eigenvalue weighted by molar-refractivity contribution is -0.190. The maximum Gasteiger partial charge on any atom is 0.252 e. The molecule has 3 saturated heterocycles. The zero-order valence-corrected chi connectivity index (χ0v) is 22.0. The van der Waals surface area contributed by atoms with Crippen LogP contribution in [0.25, 0.3) is 5.78 Å². The van der Waals surface area contributed by atoms with E-state index in [0.717, 1.165) is 44.2 Å². The molecular weight excluding hydrogens is 452 g/mol. The number of hydrogen-bond donors (Lipinski definition) is 0. The summed E-state index contributed by atoms with van der Waals surface area (Å²) >= 11 is 0. The Morgan fingerprint density at radius 3 is 2.61 bits per heavy atom. The molecule has 6 rings (SSSR count). The standard InChI is InChI=1S/C28H38N6O2/c1-19(12-32-15-28(16-32)17-35-18-28)11-20(2)23-5-7-24(8-6-23)33-10-9-25(13-33)36-26-14-34-27(29-21(26)3)30-22(4)31-34/h5-8,14,19-20,25H,9-13,15-18H2,1-4H3/t19?,20?,25-/m1/s1. The quantitative estimate of drug-likeness (QED) is 0.475. The van der Waals surface area contributed by atoms with Gasteiger partial charge in [-0.05, 0) is 49.8 Å². The van der Waals surface area contributed by atoms with Crippen molar-refractivity contribution in [1.82, 2.24) is 24.5 Å². The van der Waals surface area contributed by atoms with Crippen molar-refractivity contribution >= 4 is 11.5 Å². The van der Waals surface area contributed by atoms with E-state index in [1.165, 1.54) is 37.3 Å². The van der Waals surface area contributed by atoms with Crippen LogP contribution in [0.4, 0.5) is 5.69 Å². The smallest absolute Gasteiger partial charge is 0.252 e. The maximum atomic E-state index is 6.35. The van der Waals surface area contributed by atoms with Gasteiger partial charge in [0.25, 0.3) is 5.78 Å². The van der Waals surface area contributed by atoms with Crippen molar-refractivity contribution in [2.75, 3.05) is 50.8 Å². The van der Waals surface area contributed by atoms with Gasteiger partial charge >= 0.3 is 0 Å². The van der Waals surface area contributed by atoms with Crippen molar-refractivity contribution in [3.05, 3.63) is 47.5 Å². The number of benzene rings is 1. The molecule has 1 spiro atoms. The second-order valence-electron chi connectivity index (χ2n) is 11.6. The summed E-state index contributed by atoms with van der Waals surface area (Å²) in [6.07, 6.45) is 4.26. The highest BCUT2D eigenvalue weighted by Gasteiger charge is 2.48.